The van der Waals surface area contributed by atoms with Crippen molar-refractivity contribution in [2.75, 3.05) is 19.1 Å². The summed E-state index contributed by atoms with van der Waals surface area (Å²) in [5.74, 6) is 1.26. The molecule has 0 saturated carbocycles. The minimum Gasteiger partial charge on any atom is -0.496 e. The van der Waals surface area contributed by atoms with Gasteiger partial charge >= 0.3 is 0 Å². The summed E-state index contributed by atoms with van der Waals surface area (Å²) in [5.41, 5.74) is 0.635. The first kappa shape index (κ1) is 13.6. The van der Waals surface area contributed by atoms with Crippen molar-refractivity contribution in [2.24, 2.45) is 0 Å². The molecule has 3 rings (SSSR count). The average molecular weight is 298 g/mol. The highest BCUT2D eigenvalue weighted by Gasteiger charge is 2.20. The van der Waals surface area contributed by atoms with Crippen molar-refractivity contribution in [2.45, 2.75) is 0 Å². The summed E-state index contributed by atoms with van der Waals surface area (Å²) < 4.78 is 10.8. The van der Waals surface area contributed by atoms with Crippen LogP contribution in [-0.2, 0) is 0 Å². The smallest absolute Gasteiger partial charge is 0.259 e. The maximum atomic E-state index is 12.5. The fourth-order valence-corrected chi connectivity index (χ4v) is 3.04. The number of benzene rings is 2. The molecule has 0 atom stereocenters. The number of amides is 1. The van der Waals surface area contributed by atoms with Gasteiger partial charge in [-0.3, -0.25) is 9.69 Å². The van der Waals surface area contributed by atoms with Crippen molar-refractivity contribution in [1.82, 2.24) is 4.37 Å². The van der Waals surface area contributed by atoms with Crippen LogP contribution in [0.4, 0.5) is 5.82 Å². The van der Waals surface area contributed by atoms with Crippen LogP contribution in [0, 0.1) is 0 Å². The number of rotatable bonds is 3. The van der Waals surface area contributed by atoms with E-state index in [-0.39, 0.29) is 5.91 Å². The molecule has 4 nitrogen and oxygen atoms in total. The molecule has 0 fully saturated rings. The zero-order chi connectivity index (χ0) is 14.8. The number of anilines is 1. The molecule has 3 aromatic rings. The maximum absolute atomic E-state index is 12.5. The molecule has 5 heteroatoms. The van der Waals surface area contributed by atoms with E-state index >= 15 is 0 Å². The summed E-state index contributed by atoms with van der Waals surface area (Å²) in [7, 11) is 3.35. The summed E-state index contributed by atoms with van der Waals surface area (Å²) in [5, 5.41) is 0.872. The number of ether oxygens (including phenoxy) is 1. The van der Waals surface area contributed by atoms with E-state index in [4.69, 9.17) is 4.74 Å². The van der Waals surface area contributed by atoms with E-state index in [1.807, 2.05) is 36.4 Å². The number of nitrogens with zero attached hydrogens (tertiary/aromatic N) is 2. The van der Waals surface area contributed by atoms with Gasteiger partial charge in [0.25, 0.3) is 5.91 Å². The van der Waals surface area contributed by atoms with Crippen LogP contribution in [0.1, 0.15) is 10.4 Å². The number of hydrogen-bond donors (Lipinski definition) is 0. The van der Waals surface area contributed by atoms with Gasteiger partial charge in [-0.2, -0.15) is 4.37 Å². The van der Waals surface area contributed by atoms with Gasteiger partial charge in [-0.25, -0.2) is 0 Å². The molecule has 0 saturated heterocycles. The third-order valence-electron chi connectivity index (χ3n) is 3.31. The highest BCUT2D eigenvalue weighted by atomic mass is 32.1. The van der Waals surface area contributed by atoms with Crippen molar-refractivity contribution in [3.05, 3.63) is 54.1 Å². The van der Waals surface area contributed by atoms with Crippen molar-refractivity contribution in [3.8, 4) is 5.75 Å². The maximum Gasteiger partial charge on any atom is 0.259 e. The van der Waals surface area contributed by atoms with Crippen molar-refractivity contribution < 1.29 is 9.53 Å². The lowest BCUT2D eigenvalue weighted by atomic mass is 10.2. The molecule has 0 aliphatic heterocycles. The minimum atomic E-state index is -0.0892. The predicted molar refractivity (Wildman–Crippen MR) is 85.3 cm³/mol. The summed E-state index contributed by atoms with van der Waals surface area (Å²) in [4.78, 5) is 14.1. The van der Waals surface area contributed by atoms with Crippen LogP contribution in [0.3, 0.4) is 0 Å². The molecule has 1 heterocycles. The van der Waals surface area contributed by atoms with Gasteiger partial charge in [-0.15, -0.1) is 0 Å². The molecule has 0 bridgehead atoms. The van der Waals surface area contributed by atoms with Gasteiger partial charge in [-0.1, -0.05) is 24.3 Å². The molecule has 2 aromatic carbocycles. The fraction of sp³-hybridized carbons (Fsp3) is 0.125. The van der Waals surface area contributed by atoms with Crippen molar-refractivity contribution in [3.63, 3.8) is 0 Å². The van der Waals surface area contributed by atoms with Crippen LogP contribution in [-0.4, -0.2) is 24.4 Å². The zero-order valence-electron chi connectivity index (χ0n) is 11.7. The van der Waals surface area contributed by atoms with E-state index in [2.05, 4.69) is 4.37 Å². The summed E-state index contributed by atoms with van der Waals surface area (Å²) >= 11 is 1.36. The highest BCUT2D eigenvalue weighted by molar-refractivity contribution is 7.13. The van der Waals surface area contributed by atoms with Crippen LogP contribution < -0.4 is 9.64 Å². The van der Waals surface area contributed by atoms with Gasteiger partial charge in [0.1, 0.15) is 5.75 Å². The van der Waals surface area contributed by atoms with Gasteiger partial charge in [0.05, 0.1) is 17.2 Å². The lowest BCUT2D eigenvalue weighted by molar-refractivity contribution is 0.0992. The van der Waals surface area contributed by atoms with Gasteiger partial charge in [0.15, 0.2) is 5.82 Å². The first-order valence-electron chi connectivity index (χ1n) is 6.48. The zero-order valence-corrected chi connectivity index (χ0v) is 12.6. The third-order valence-corrected chi connectivity index (χ3v) is 4.11. The highest BCUT2D eigenvalue weighted by Crippen LogP contribution is 2.36. The first-order chi connectivity index (χ1) is 10.2. The molecule has 0 unspecified atom stereocenters. The van der Waals surface area contributed by atoms with Gasteiger partial charge in [0, 0.05) is 12.6 Å². The number of fused-ring (bicyclic) bond motifs is 1. The Kier molecular flexibility index (Phi) is 3.58. The minimum absolute atomic E-state index is 0.0892. The van der Waals surface area contributed by atoms with Crippen molar-refractivity contribution >= 4 is 33.3 Å². The molecule has 106 valence electrons. The third kappa shape index (κ3) is 2.36. The van der Waals surface area contributed by atoms with E-state index in [0.29, 0.717) is 11.4 Å². The number of carbonyl (C=O) groups is 1. The average Bonchev–Trinajstić information content (AvgIpc) is 2.98. The second-order valence-corrected chi connectivity index (χ2v) is 5.37. The Morgan fingerprint density at radius 2 is 1.90 bits per heavy atom. The standard InChI is InChI=1S/C16H14N2O2S/c1-18(16(19)11-7-4-3-5-8-11)15-14-12(20-2)9-6-10-13(14)21-17-15/h3-10H,1-2H3. The van der Waals surface area contributed by atoms with Crippen LogP contribution in [0.2, 0.25) is 0 Å². The van der Waals surface area contributed by atoms with E-state index in [1.54, 1.807) is 31.2 Å². The number of aromatic nitrogens is 1. The second-order valence-electron chi connectivity index (χ2n) is 4.57. The van der Waals surface area contributed by atoms with Crippen LogP contribution >= 0.6 is 11.5 Å². The Bertz CT molecular complexity index is 783. The second kappa shape index (κ2) is 5.54. The lowest BCUT2D eigenvalue weighted by Crippen LogP contribution is -2.26. The molecule has 21 heavy (non-hydrogen) atoms. The number of methoxy groups -OCH3 is 1. The molecular weight excluding hydrogens is 284 g/mol. The Labute approximate surface area is 126 Å². The Balaban J connectivity index is 2.06. The summed E-state index contributed by atoms with van der Waals surface area (Å²) in [6, 6.07) is 14.9. The summed E-state index contributed by atoms with van der Waals surface area (Å²) in [6.45, 7) is 0. The topological polar surface area (TPSA) is 42.4 Å². The van der Waals surface area contributed by atoms with Gasteiger partial charge in [0.2, 0.25) is 0 Å². The number of hydrogen-bond acceptors (Lipinski definition) is 4. The molecule has 0 aliphatic rings. The monoisotopic (exact) mass is 298 g/mol. The normalized spacial score (nSPS) is 10.6. The Morgan fingerprint density at radius 3 is 2.62 bits per heavy atom. The molecular formula is C16H14N2O2S. The molecule has 0 N–H and O–H groups in total. The van der Waals surface area contributed by atoms with E-state index < -0.39 is 0 Å². The summed E-state index contributed by atoms with van der Waals surface area (Å²) in [6.07, 6.45) is 0. The molecule has 1 amide bonds. The van der Waals surface area contributed by atoms with E-state index in [9.17, 15) is 4.79 Å². The molecule has 0 spiro atoms. The van der Waals surface area contributed by atoms with E-state index in [1.165, 1.54) is 11.5 Å². The number of carbonyl (C=O) groups excluding carboxylic acids is 1. The lowest BCUT2D eigenvalue weighted by Gasteiger charge is -2.15. The van der Waals surface area contributed by atoms with Gasteiger partial charge in [-0.05, 0) is 35.8 Å². The quantitative estimate of drug-likeness (QED) is 0.742. The largest absolute Gasteiger partial charge is 0.496 e. The van der Waals surface area contributed by atoms with Crippen LogP contribution in [0.15, 0.2) is 48.5 Å². The van der Waals surface area contributed by atoms with Crippen LogP contribution in [0.5, 0.6) is 5.75 Å². The predicted octanol–water partition coefficient (Wildman–Crippen LogP) is 3.58. The fourth-order valence-electron chi connectivity index (χ4n) is 2.22. The van der Waals surface area contributed by atoms with Crippen LogP contribution in [0.25, 0.3) is 10.1 Å². The Hall–Kier alpha value is -2.40. The van der Waals surface area contributed by atoms with Crippen molar-refractivity contribution in [1.29, 1.82) is 0 Å². The first-order valence-corrected chi connectivity index (χ1v) is 7.25. The van der Waals surface area contributed by atoms with Gasteiger partial charge < -0.3 is 4.74 Å². The van der Waals surface area contributed by atoms with E-state index in [0.717, 1.165) is 15.8 Å². The Morgan fingerprint density at radius 1 is 1.14 bits per heavy atom. The molecule has 1 aromatic heterocycles. The molecule has 0 radical (unpaired) electrons. The molecule has 0 aliphatic carbocycles. The SMILES string of the molecule is COc1cccc2snc(N(C)C(=O)c3ccccc3)c12.